The van der Waals surface area contributed by atoms with E-state index < -0.39 is 0 Å². The normalized spacial score (nSPS) is 15.0. The first kappa shape index (κ1) is 18.6. The molecule has 146 valence electrons. The molecule has 4 heteroatoms. The molecule has 4 nitrogen and oxygen atoms in total. The number of para-hydroxylation sites is 2. The van der Waals surface area contributed by atoms with Crippen LogP contribution in [0.15, 0.2) is 60.8 Å². The van der Waals surface area contributed by atoms with E-state index in [1.807, 2.05) is 12.1 Å². The van der Waals surface area contributed by atoms with E-state index in [4.69, 9.17) is 4.74 Å². The number of aryl methyl sites for hydroxylation is 1. The van der Waals surface area contributed by atoms with E-state index in [9.17, 15) is 0 Å². The zero-order chi connectivity index (χ0) is 19.5. The van der Waals surface area contributed by atoms with Gasteiger partial charge in [0.25, 0.3) is 0 Å². The van der Waals surface area contributed by atoms with Crippen LogP contribution in [0.2, 0.25) is 0 Å². The van der Waals surface area contributed by atoms with Crippen LogP contribution < -0.4 is 9.64 Å². The molecule has 1 fully saturated rings. The van der Waals surface area contributed by atoms with Crippen LogP contribution >= 0.6 is 0 Å². The Kier molecular flexibility index (Phi) is 5.40. The maximum Gasteiger partial charge on any atom is 0.142 e. The van der Waals surface area contributed by atoms with Crippen molar-refractivity contribution in [3.05, 3.63) is 77.6 Å². The molecule has 0 atom stereocenters. The van der Waals surface area contributed by atoms with Gasteiger partial charge in [0.05, 0.1) is 12.8 Å². The number of ether oxygens (including phenoxy) is 1. The van der Waals surface area contributed by atoms with Gasteiger partial charge in [0.1, 0.15) is 5.75 Å². The van der Waals surface area contributed by atoms with Crippen molar-refractivity contribution in [2.24, 2.45) is 0 Å². The maximum absolute atomic E-state index is 5.54. The molecular weight excluding hydrogens is 346 g/mol. The summed E-state index contributed by atoms with van der Waals surface area (Å²) in [6.07, 6.45) is 2.18. The van der Waals surface area contributed by atoms with Gasteiger partial charge in [-0.25, -0.2) is 0 Å². The molecule has 2 heterocycles. The van der Waals surface area contributed by atoms with Crippen LogP contribution in [0.25, 0.3) is 5.69 Å². The number of hydrogen-bond donors (Lipinski definition) is 0. The first-order valence-corrected chi connectivity index (χ1v) is 10.0. The van der Waals surface area contributed by atoms with Crippen molar-refractivity contribution in [3.63, 3.8) is 0 Å². The largest absolute Gasteiger partial charge is 0.495 e. The Labute approximate surface area is 168 Å². The fraction of sp³-hybridized carbons (Fsp3) is 0.333. The van der Waals surface area contributed by atoms with Crippen LogP contribution in [0.5, 0.6) is 5.75 Å². The Balaban J connectivity index is 1.45. The molecule has 0 unspecified atom stereocenters. The summed E-state index contributed by atoms with van der Waals surface area (Å²) in [4.78, 5) is 4.97. The molecule has 2 aromatic carbocycles. The van der Waals surface area contributed by atoms with Crippen molar-refractivity contribution in [1.82, 2.24) is 9.47 Å². The van der Waals surface area contributed by atoms with Gasteiger partial charge >= 0.3 is 0 Å². The number of anilines is 1. The van der Waals surface area contributed by atoms with Crippen LogP contribution in [0.1, 0.15) is 16.8 Å². The third kappa shape index (κ3) is 3.65. The average Bonchev–Trinajstić information content (AvgIpc) is 3.18. The molecule has 0 N–H and O–H groups in total. The Morgan fingerprint density at radius 2 is 1.57 bits per heavy atom. The molecule has 0 spiro atoms. The number of benzene rings is 2. The van der Waals surface area contributed by atoms with Crippen LogP contribution in [0.3, 0.4) is 0 Å². The van der Waals surface area contributed by atoms with E-state index >= 15 is 0 Å². The van der Waals surface area contributed by atoms with Gasteiger partial charge in [0.2, 0.25) is 0 Å². The number of aromatic nitrogens is 1. The highest BCUT2D eigenvalue weighted by Crippen LogP contribution is 2.28. The Morgan fingerprint density at radius 3 is 2.36 bits per heavy atom. The predicted octanol–water partition coefficient (Wildman–Crippen LogP) is 4.42. The van der Waals surface area contributed by atoms with Crippen LogP contribution in [-0.4, -0.2) is 42.8 Å². The quantitative estimate of drug-likeness (QED) is 0.658. The Morgan fingerprint density at radius 1 is 0.821 bits per heavy atom. The second kappa shape index (κ2) is 8.11. The molecule has 0 bridgehead atoms. The van der Waals surface area contributed by atoms with Gasteiger partial charge in [-0.3, -0.25) is 4.90 Å². The summed E-state index contributed by atoms with van der Waals surface area (Å²) in [6, 6.07) is 19.2. The van der Waals surface area contributed by atoms with Gasteiger partial charge in [-0.15, -0.1) is 0 Å². The monoisotopic (exact) mass is 375 g/mol. The molecule has 1 aromatic heterocycles. The SMILES string of the molecule is COc1ccccc1N1CCN(Cc2cccn2-c2cccc(C)c2C)CC1. The van der Waals surface area contributed by atoms with Crippen molar-refractivity contribution in [3.8, 4) is 11.4 Å². The molecule has 28 heavy (non-hydrogen) atoms. The molecule has 4 rings (SSSR count). The lowest BCUT2D eigenvalue weighted by atomic mass is 10.1. The van der Waals surface area contributed by atoms with E-state index in [-0.39, 0.29) is 0 Å². The molecule has 1 aliphatic heterocycles. The van der Waals surface area contributed by atoms with Gasteiger partial charge in [-0.05, 0) is 55.3 Å². The fourth-order valence-corrected chi connectivity index (χ4v) is 4.04. The summed E-state index contributed by atoms with van der Waals surface area (Å²) in [5, 5.41) is 0. The second-order valence-corrected chi connectivity index (χ2v) is 7.52. The standard InChI is InChI=1S/C24H29N3O/c1-19-8-6-11-22(20(19)2)27-13-7-9-21(27)18-25-14-16-26(17-15-25)23-10-4-5-12-24(23)28-3/h4-13H,14-18H2,1-3H3. The van der Waals surface area contributed by atoms with Crippen molar-refractivity contribution in [2.45, 2.75) is 20.4 Å². The summed E-state index contributed by atoms with van der Waals surface area (Å²) in [5.74, 6) is 0.958. The molecular formula is C24H29N3O. The minimum Gasteiger partial charge on any atom is -0.495 e. The molecule has 0 aliphatic carbocycles. The number of nitrogens with zero attached hydrogens (tertiary/aromatic N) is 3. The number of hydrogen-bond acceptors (Lipinski definition) is 3. The second-order valence-electron chi connectivity index (χ2n) is 7.52. The summed E-state index contributed by atoms with van der Waals surface area (Å²) in [6.45, 7) is 9.50. The summed E-state index contributed by atoms with van der Waals surface area (Å²) in [5.41, 5.74) is 6.51. The highest BCUT2D eigenvalue weighted by molar-refractivity contribution is 5.58. The fourth-order valence-electron chi connectivity index (χ4n) is 4.04. The lowest BCUT2D eigenvalue weighted by molar-refractivity contribution is 0.245. The predicted molar refractivity (Wildman–Crippen MR) is 116 cm³/mol. The summed E-state index contributed by atoms with van der Waals surface area (Å²) in [7, 11) is 1.75. The average molecular weight is 376 g/mol. The Bertz CT molecular complexity index is 939. The van der Waals surface area contributed by atoms with Crippen molar-refractivity contribution < 1.29 is 4.74 Å². The van der Waals surface area contributed by atoms with Crippen LogP contribution in [0, 0.1) is 13.8 Å². The molecule has 0 amide bonds. The third-order valence-corrected chi connectivity index (χ3v) is 5.85. The minimum atomic E-state index is 0.958. The highest BCUT2D eigenvalue weighted by Gasteiger charge is 2.20. The van der Waals surface area contributed by atoms with E-state index in [0.29, 0.717) is 0 Å². The molecule has 3 aromatic rings. The van der Waals surface area contributed by atoms with Crippen molar-refractivity contribution in [2.75, 3.05) is 38.2 Å². The maximum atomic E-state index is 5.54. The van der Waals surface area contributed by atoms with Gasteiger partial charge in [0.15, 0.2) is 0 Å². The van der Waals surface area contributed by atoms with E-state index in [0.717, 1.165) is 38.5 Å². The van der Waals surface area contributed by atoms with Gasteiger partial charge in [-0.2, -0.15) is 0 Å². The molecule has 1 aliphatic rings. The smallest absolute Gasteiger partial charge is 0.142 e. The lowest BCUT2D eigenvalue weighted by Crippen LogP contribution is -2.46. The minimum absolute atomic E-state index is 0.958. The zero-order valence-electron chi connectivity index (χ0n) is 17.1. The van der Waals surface area contributed by atoms with Crippen LogP contribution in [-0.2, 0) is 6.54 Å². The molecule has 0 saturated carbocycles. The number of piperazine rings is 1. The first-order valence-electron chi connectivity index (χ1n) is 10.0. The zero-order valence-corrected chi connectivity index (χ0v) is 17.1. The lowest BCUT2D eigenvalue weighted by Gasteiger charge is -2.36. The number of rotatable bonds is 5. The first-order chi connectivity index (χ1) is 13.7. The van der Waals surface area contributed by atoms with E-state index in [1.54, 1.807) is 7.11 Å². The Hall–Kier alpha value is -2.72. The topological polar surface area (TPSA) is 20.6 Å². The summed E-state index contributed by atoms with van der Waals surface area (Å²) >= 11 is 0. The van der Waals surface area contributed by atoms with Gasteiger partial charge < -0.3 is 14.2 Å². The number of methoxy groups -OCH3 is 1. The van der Waals surface area contributed by atoms with E-state index in [2.05, 4.69) is 76.9 Å². The third-order valence-electron chi connectivity index (χ3n) is 5.85. The summed E-state index contributed by atoms with van der Waals surface area (Å²) < 4.78 is 7.88. The van der Waals surface area contributed by atoms with Crippen molar-refractivity contribution >= 4 is 5.69 Å². The highest BCUT2D eigenvalue weighted by atomic mass is 16.5. The molecule has 0 radical (unpaired) electrons. The van der Waals surface area contributed by atoms with Gasteiger partial charge in [-0.1, -0.05) is 24.3 Å². The molecule has 1 saturated heterocycles. The van der Waals surface area contributed by atoms with E-state index in [1.165, 1.54) is 28.2 Å². The van der Waals surface area contributed by atoms with Gasteiger partial charge in [0, 0.05) is 50.3 Å². The van der Waals surface area contributed by atoms with Crippen molar-refractivity contribution in [1.29, 1.82) is 0 Å². The van der Waals surface area contributed by atoms with Crippen LogP contribution in [0.4, 0.5) is 5.69 Å².